The van der Waals surface area contributed by atoms with Crippen LogP contribution in [0.3, 0.4) is 0 Å². The minimum absolute atomic E-state index is 0.0412. The standard InChI is InChI=1S/C35H42F4N2O2/c1-9-31(3,4)29(42)34(36,37)27-13-11-12-14-28(27)35(38,39)30(43)40-25-19-15-23(16-20-25)33(7,8)24-17-21-26(22-18-24)41-32(5,6)10-2/h11-22,41H,9-10H2,1-8H3,(H,40,43). The molecule has 0 aliphatic heterocycles. The van der Waals surface area contributed by atoms with Crippen LogP contribution in [0.15, 0.2) is 72.8 Å². The van der Waals surface area contributed by atoms with Crippen LogP contribution >= 0.6 is 0 Å². The fraction of sp³-hybridized carbons (Fsp3) is 0.429. The molecule has 8 heteroatoms. The van der Waals surface area contributed by atoms with E-state index in [1.165, 1.54) is 26.0 Å². The van der Waals surface area contributed by atoms with Crippen molar-refractivity contribution in [2.45, 2.75) is 91.0 Å². The number of halogens is 4. The first kappa shape index (κ1) is 33.8. The Morgan fingerprint density at radius 2 is 1.07 bits per heavy atom. The second-order valence-corrected chi connectivity index (χ2v) is 12.9. The first-order valence-corrected chi connectivity index (χ1v) is 14.5. The maximum absolute atomic E-state index is 15.5. The molecule has 0 fully saturated rings. The van der Waals surface area contributed by atoms with Crippen LogP contribution in [0.25, 0.3) is 0 Å². The lowest BCUT2D eigenvalue weighted by Crippen LogP contribution is -2.41. The summed E-state index contributed by atoms with van der Waals surface area (Å²) in [7, 11) is 0. The molecule has 43 heavy (non-hydrogen) atoms. The zero-order valence-electron chi connectivity index (χ0n) is 26.2. The van der Waals surface area contributed by atoms with Crippen molar-refractivity contribution in [1.29, 1.82) is 0 Å². The van der Waals surface area contributed by atoms with Crippen LogP contribution < -0.4 is 10.6 Å². The number of benzene rings is 3. The molecule has 0 spiro atoms. The highest BCUT2D eigenvalue weighted by molar-refractivity contribution is 5.98. The third-order valence-corrected chi connectivity index (χ3v) is 8.51. The Morgan fingerprint density at radius 1 is 0.628 bits per heavy atom. The molecule has 0 bridgehead atoms. The number of amides is 1. The molecule has 3 aromatic carbocycles. The number of nitrogens with one attached hydrogen (secondary N) is 2. The third kappa shape index (κ3) is 7.11. The largest absolute Gasteiger partial charge is 0.380 e. The van der Waals surface area contributed by atoms with Crippen LogP contribution in [0.4, 0.5) is 28.9 Å². The van der Waals surface area contributed by atoms with Crippen molar-refractivity contribution in [2.24, 2.45) is 5.41 Å². The van der Waals surface area contributed by atoms with Crippen molar-refractivity contribution in [2.75, 3.05) is 10.6 Å². The number of hydrogen-bond acceptors (Lipinski definition) is 3. The number of carbonyl (C=O) groups excluding carboxylic acids is 2. The van der Waals surface area contributed by atoms with Crippen molar-refractivity contribution < 1.29 is 27.2 Å². The number of hydrogen-bond donors (Lipinski definition) is 2. The first-order valence-electron chi connectivity index (χ1n) is 14.5. The minimum Gasteiger partial charge on any atom is -0.380 e. The molecule has 3 aromatic rings. The second kappa shape index (κ2) is 12.1. The van der Waals surface area contributed by atoms with Crippen LogP contribution in [-0.4, -0.2) is 17.2 Å². The number of Topliss-reactive ketones (excluding diaryl/α,β-unsaturated/α-hetero) is 1. The average molecular weight is 599 g/mol. The maximum atomic E-state index is 15.5. The lowest BCUT2D eigenvalue weighted by molar-refractivity contribution is -0.155. The van der Waals surface area contributed by atoms with Crippen LogP contribution in [-0.2, 0) is 26.8 Å². The summed E-state index contributed by atoms with van der Waals surface area (Å²) in [5.41, 5.74) is -1.32. The molecule has 3 rings (SSSR count). The average Bonchev–Trinajstić information content (AvgIpc) is 2.97. The first-order chi connectivity index (χ1) is 19.8. The summed E-state index contributed by atoms with van der Waals surface area (Å²) >= 11 is 0. The Balaban J connectivity index is 1.82. The Hall–Kier alpha value is -3.68. The van der Waals surface area contributed by atoms with Crippen molar-refractivity contribution >= 4 is 23.1 Å². The van der Waals surface area contributed by atoms with Gasteiger partial charge in [0.25, 0.3) is 5.91 Å². The van der Waals surface area contributed by atoms with Gasteiger partial charge in [0.1, 0.15) is 0 Å². The van der Waals surface area contributed by atoms with Crippen LogP contribution in [0, 0.1) is 5.41 Å². The highest BCUT2D eigenvalue weighted by Crippen LogP contribution is 2.43. The fourth-order valence-corrected chi connectivity index (χ4v) is 4.66. The lowest BCUT2D eigenvalue weighted by Gasteiger charge is -2.29. The van der Waals surface area contributed by atoms with Crippen molar-refractivity contribution in [1.82, 2.24) is 0 Å². The lowest BCUT2D eigenvalue weighted by atomic mass is 9.78. The van der Waals surface area contributed by atoms with Crippen LogP contribution in [0.5, 0.6) is 0 Å². The Labute approximate surface area is 252 Å². The van der Waals surface area contributed by atoms with Gasteiger partial charge in [-0.25, -0.2) is 0 Å². The zero-order valence-corrected chi connectivity index (χ0v) is 26.2. The monoisotopic (exact) mass is 598 g/mol. The molecule has 0 atom stereocenters. The predicted molar refractivity (Wildman–Crippen MR) is 165 cm³/mol. The Kier molecular flexibility index (Phi) is 9.54. The molecule has 0 unspecified atom stereocenters. The summed E-state index contributed by atoms with van der Waals surface area (Å²) in [6, 6.07) is 18.4. The molecular formula is C35H42F4N2O2. The molecule has 4 nitrogen and oxygen atoms in total. The van der Waals surface area contributed by atoms with E-state index in [0.717, 1.165) is 47.5 Å². The molecule has 0 aliphatic carbocycles. The van der Waals surface area contributed by atoms with E-state index in [4.69, 9.17) is 0 Å². The van der Waals surface area contributed by atoms with E-state index < -0.39 is 45.5 Å². The molecule has 0 saturated carbocycles. The second-order valence-electron chi connectivity index (χ2n) is 12.9. The quantitative estimate of drug-likeness (QED) is 0.204. The molecule has 0 aromatic heterocycles. The number of alkyl halides is 4. The summed E-state index contributed by atoms with van der Waals surface area (Å²) in [6.07, 6.45) is 1.05. The number of carbonyl (C=O) groups is 2. The normalized spacial score (nSPS) is 13.0. The number of anilines is 2. The highest BCUT2D eigenvalue weighted by atomic mass is 19.3. The SMILES string of the molecule is CCC(C)(C)Nc1ccc(C(C)(C)c2ccc(NC(=O)C(F)(F)c3ccccc3C(F)(F)C(=O)C(C)(C)CC)cc2)cc1. The van der Waals surface area contributed by atoms with Crippen molar-refractivity contribution in [3.63, 3.8) is 0 Å². The molecular weight excluding hydrogens is 556 g/mol. The Bertz CT molecular complexity index is 1440. The molecule has 0 heterocycles. The van der Waals surface area contributed by atoms with Gasteiger partial charge in [-0.15, -0.1) is 0 Å². The van der Waals surface area contributed by atoms with Gasteiger partial charge in [-0.2, -0.15) is 17.6 Å². The van der Waals surface area contributed by atoms with Gasteiger partial charge >= 0.3 is 11.8 Å². The Morgan fingerprint density at radius 3 is 1.51 bits per heavy atom. The van der Waals surface area contributed by atoms with Gasteiger partial charge < -0.3 is 10.6 Å². The topological polar surface area (TPSA) is 58.2 Å². The predicted octanol–water partition coefficient (Wildman–Crippen LogP) is 9.44. The molecule has 0 radical (unpaired) electrons. The van der Waals surface area contributed by atoms with E-state index in [1.807, 2.05) is 38.1 Å². The highest BCUT2D eigenvalue weighted by Gasteiger charge is 2.53. The third-order valence-electron chi connectivity index (χ3n) is 8.51. The van der Waals surface area contributed by atoms with Gasteiger partial charge in [0.05, 0.1) is 0 Å². The molecule has 2 N–H and O–H groups in total. The van der Waals surface area contributed by atoms with E-state index >= 15 is 17.6 Å². The number of rotatable bonds is 12. The molecule has 0 saturated heterocycles. The summed E-state index contributed by atoms with van der Waals surface area (Å²) < 4.78 is 61.5. The zero-order chi connectivity index (χ0) is 32.4. The summed E-state index contributed by atoms with van der Waals surface area (Å²) in [5.74, 6) is -11.8. The maximum Gasteiger partial charge on any atom is 0.350 e. The molecule has 232 valence electrons. The summed E-state index contributed by atoms with van der Waals surface area (Å²) in [6.45, 7) is 14.7. The molecule has 0 aliphatic rings. The fourth-order valence-electron chi connectivity index (χ4n) is 4.66. The van der Waals surface area contributed by atoms with Gasteiger partial charge in [0, 0.05) is 38.9 Å². The van der Waals surface area contributed by atoms with E-state index in [2.05, 4.69) is 31.4 Å². The number of ketones is 1. The molecule has 1 amide bonds. The van der Waals surface area contributed by atoms with Crippen molar-refractivity contribution in [3.8, 4) is 0 Å². The van der Waals surface area contributed by atoms with Crippen molar-refractivity contribution in [3.05, 3.63) is 95.1 Å². The van der Waals surface area contributed by atoms with E-state index in [9.17, 15) is 9.59 Å². The smallest absolute Gasteiger partial charge is 0.350 e. The van der Waals surface area contributed by atoms with Gasteiger partial charge in [0.15, 0.2) is 0 Å². The van der Waals surface area contributed by atoms with Gasteiger partial charge in [-0.1, -0.05) is 90.1 Å². The van der Waals surface area contributed by atoms with E-state index in [0.29, 0.717) is 0 Å². The summed E-state index contributed by atoms with van der Waals surface area (Å²) in [4.78, 5) is 25.5. The van der Waals surface area contributed by atoms with Gasteiger partial charge in [-0.3, -0.25) is 9.59 Å². The van der Waals surface area contributed by atoms with Crippen LogP contribution in [0.2, 0.25) is 0 Å². The van der Waals surface area contributed by atoms with E-state index in [1.54, 1.807) is 19.1 Å². The minimum atomic E-state index is -4.34. The van der Waals surface area contributed by atoms with Gasteiger partial charge in [0.2, 0.25) is 5.78 Å². The van der Waals surface area contributed by atoms with Gasteiger partial charge in [-0.05, 0) is 62.1 Å². The van der Waals surface area contributed by atoms with Crippen LogP contribution in [0.1, 0.15) is 90.5 Å². The van der Waals surface area contributed by atoms with E-state index in [-0.39, 0.29) is 17.6 Å². The summed E-state index contributed by atoms with van der Waals surface area (Å²) in [5, 5.41) is 5.66.